The Morgan fingerprint density at radius 3 is 2.47 bits per heavy atom. The maximum Gasteiger partial charge on any atom is 0.282 e. The number of benzene rings is 1. The fourth-order valence-corrected chi connectivity index (χ4v) is 1.24. The Balaban J connectivity index is 2.41. The topological polar surface area (TPSA) is 62.1 Å². The number of anilines is 1. The van der Waals surface area contributed by atoms with Gasteiger partial charge in [0.25, 0.3) is 5.91 Å². The summed E-state index contributed by atoms with van der Waals surface area (Å²) in [6.45, 7) is 3.45. The molecule has 1 heterocycles. The summed E-state index contributed by atoms with van der Waals surface area (Å²) >= 11 is 0. The summed E-state index contributed by atoms with van der Waals surface area (Å²) in [7, 11) is 0. The van der Waals surface area contributed by atoms with E-state index in [4.69, 9.17) is 0 Å². The summed E-state index contributed by atoms with van der Waals surface area (Å²) in [6, 6.07) is 8.78. The van der Waals surface area contributed by atoms with Crippen molar-refractivity contribution in [3.05, 3.63) is 47.4 Å². The smallest absolute Gasteiger partial charge is 0.267 e. The van der Waals surface area contributed by atoms with Crippen molar-refractivity contribution in [2.24, 2.45) is 10.3 Å². The largest absolute Gasteiger partial charge is 0.282 e. The molecule has 74 valence electrons. The molecule has 0 N–H and O–H groups in total. The lowest BCUT2D eigenvalue weighted by atomic mass is 10.2. The van der Waals surface area contributed by atoms with Gasteiger partial charge in [-0.15, -0.1) is 10.0 Å². The minimum Gasteiger partial charge on any atom is -0.267 e. The molecule has 1 aliphatic heterocycles. The molecule has 1 aromatic carbocycles. The molecule has 0 aromatic heterocycles. The van der Waals surface area contributed by atoms with Crippen LogP contribution in [0.2, 0.25) is 0 Å². The first-order valence-corrected chi connectivity index (χ1v) is 4.25. The summed E-state index contributed by atoms with van der Waals surface area (Å²) < 4.78 is 0. The average molecular weight is 201 g/mol. The number of nitrogens with zero attached hydrogens (tertiary/aromatic N) is 3. The number of hydrogen-bond acceptors (Lipinski definition) is 4. The Morgan fingerprint density at radius 2 is 1.93 bits per heavy atom. The second-order valence-electron chi connectivity index (χ2n) is 2.95. The number of rotatable bonds is 1. The molecule has 5 nitrogen and oxygen atoms in total. The van der Waals surface area contributed by atoms with Gasteiger partial charge in [0.2, 0.25) is 5.84 Å². The van der Waals surface area contributed by atoms with Crippen molar-refractivity contribution in [3.8, 4) is 0 Å². The summed E-state index contributed by atoms with van der Waals surface area (Å²) in [5.74, 6) is -0.584. The summed E-state index contributed by atoms with van der Waals surface area (Å²) in [5, 5.41) is 7.50. The molecule has 0 unspecified atom stereocenters. The van der Waals surface area contributed by atoms with E-state index in [0.29, 0.717) is 5.69 Å². The molecule has 1 amide bonds. The van der Waals surface area contributed by atoms with E-state index in [1.807, 2.05) is 6.07 Å². The van der Waals surface area contributed by atoms with Crippen molar-refractivity contribution < 1.29 is 4.79 Å². The zero-order chi connectivity index (χ0) is 10.8. The monoisotopic (exact) mass is 201 g/mol. The minimum atomic E-state index is -0.421. The van der Waals surface area contributed by atoms with Gasteiger partial charge in [-0.25, -0.2) is 0 Å². The maximum atomic E-state index is 11.6. The van der Waals surface area contributed by atoms with E-state index in [1.54, 1.807) is 24.3 Å². The average Bonchev–Trinajstić information content (AvgIpc) is 2.57. The fraction of sp³-hybridized carbons (Fsp3) is 0. The van der Waals surface area contributed by atoms with Gasteiger partial charge < -0.3 is 0 Å². The van der Waals surface area contributed by atoms with Gasteiger partial charge >= 0.3 is 0 Å². The Bertz CT molecular complexity index is 465. The highest BCUT2D eigenvalue weighted by molar-refractivity contribution is 6.29. The van der Waals surface area contributed by atoms with Crippen LogP contribution in [0.5, 0.6) is 0 Å². The number of nitroso groups, excluding NO2 is 1. The second-order valence-corrected chi connectivity index (χ2v) is 2.95. The van der Waals surface area contributed by atoms with Crippen LogP contribution in [0.3, 0.4) is 0 Å². The Hall–Kier alpha value is -2.30. The van der Waals surface area contributed by atoms with Crippen LogP contribution in [0.1, 0.15) is 0 Å². The molecule has 0 radical (unpaired) electrons. The third-order valence-electron chi connectivity index (χ3n) is 2.00. The lowest BCUT2D eigenvalue weighted by molar-refractivity contribution is -0.114. The second kappa shape index (κ2) is 3.45. The van der Waals surface area contributed by atoms with E-state index >= 15 is 0 Å². The van der Waals surface area contributed by atoms with E-state index in [1.165, 1.54) is 0 Å². The standard InChI is InChI=1S/C10H7N3O2/c1-7-9(12-15)11-13(10(7)14)8-5-3-2-4-6-8/h2-6H,1H2. The number of hydrazone groups is 1. The van der Waals surface area contributed by atoms with Crippen molar-refractivity contribution in [3.63, 3.8) is 0 Å². The highest BCUT2D eigenvalue weighted by Crippen LogP contribution is 2.22. The fourth-order valence-electron chi connectivity index (χ4n) is 1.24. The highest BCUT2D eigenvalue weighted by atomic mass is 16.3. The first-order valence-electron chi connectivity index (χ1n) is 4.25. The molecule has 2 rings (SSSR count). The molecule has 0 saturated carbocycles. The number of carbonyl (C=O) groups is 1. The minimum absolute atomic E-state index is 0.0221. The molecular formula is C10H7N3O2. The lowest BCUT2D eigenvalue weighted by Gasteiger charge is -2.09. The first kappa shape index (κ1) is 9.26. The number of amidine groups is 1. The van der Waals surface area contributed by atoms with Crippen molar-refractivity contribution in [2.45, 2.75) is 0 Å². The van der Waals surface area contributed by atoms with Crippen molar-refractivity contribution in [1.29, 1.82) is 0 Å². The van der Waals surface area contributed by atoms with Gasteiger partial charge in [-0.1, -0.05) is 24.8 Å². The van der Waals surface area contributed by atoms with Gasteiger partial charge in [0.15, 0.2) is 0 Å². The molecule has 1 aromatic rings. The SMILES string of the molecule is C=C1C(=O)N(c2ccccc2)N=C1N=O. The lowest BCUT2D eigenvalue weighted by Crippen LogP contribution is -2.20. The van der Waals surface area contributed by atoms with Crippen LogP contribution in [0.15, 0.2) is 52.8 Å². The first-order chi connectivity index (χ1) is 7.24. The van der Waals surface area contributed by atoms with Crippen LogP contribution in [-0.2, 0) is 4.79 Å². The zero-order valence-electron chi connectivity index (χ0n) is 7.75. The molecule has 0 bridgehead atoms. The predicted molar refractivity (Wildman–Crippen MR) is 56.3 cm³/mol. The molecule has 0 saturated heterocycles. The van der Waals surface area contributed by atoms with E-state index in [-0.39, 0.29) is 11.4 Å². The van der Waals surface area contributed by atoms with Crippen LogP contribution in [0, 0.1) is 4.91 Å². The van der Waals surface area contributed by atoms with Crippen LogP contribution < -0.4 is 5.01 Å². The quantitative estimate of drug-likeness (QED) is 0.512. The maximum absolute atomic E-state index is 11.6. The van der Waals surface area contributed by atoms with Gasteiger partial charge in [0.05, 0.1) is 11.3 Å². The number of amides is 1. The molecule has 1 aliphatic rings. The van der Waals surface area contributed by atoms with E-state index in [0.717, 1.165) is 5.01 Å². The molecule has 0 aliphatic carbocycles. The van der Waals surface area contributed by atoms with Crippen LogP contribution in [0.25, 0.3) is 0 Å². The van der Waals surface area contributed by atoms with Gasteiger partial charge in [-0.3, -0.25) is 4.79 Å². The summed E-state index contributed by atoms with van der Waals surface area (Å²) in [6.07, 6.45) is 0. The number of hydrogen-bond donors (Lipinski definition) is 0. The highest BCUT2D eigenvalue weighted by Gasteiger charge is 2.30. The third kappa shape index (κ3) is 1.43. The van der Waals surface area contributed by atoms with Crippen LogP contribution in [-0.4, -0.2) is 11.7 Å². The van der Waals surface area contributed by atoms with Gasteiger partial charge in [-0.05, 0) is 17.3 Å². The number of para-hydroxylation sites is 1. The van der Waals surface area contributed by atoms with E-state index in [9.17, 15) is 9.70 Å². The zero-order valence-corrected chi connectivity index (χ0v) is 7.75. The normalized spacial score (nSPS) is 15.5. The third-order valence-corrected chi connectivity index (χ3v) is 2.00. The Kier molecular flexibility index (Phi) is 2.13. The Labute approximate surface area is 85.7 Å². The van der Waals surface area contributed by atoms with Gasteiger partial charge in [-0.2, -0.15) is 5.01 Å². The summed E-state index contributed by atoms with van der Waals surface area (Å²) in [5.41, 5.74) is 0.608. The van der Waals surface area contributed by atoms with Crippen LogP contribution in [0.4, 0.5) is 5.69 Å². The van der Waals surface area contributed by atoms with E-state index in [2.05, 4.69) is 16.9 Å². The summed E-state index contributed by atoms with van der Waals surface area (Å²) in [4.78, 5) is 21.9. The van der Waals surface area contributed by atoms with Gasteiger partial charge in [0, 0.05) is 0 Å². The van der Waals surface area contributed by atoms with Crippen molar-refractivity contribution in [1.82, 2.24) is 0 Å². The molecule has 0 atom stereocenters. The molecule has 0 fully saturated rings. The van der Waals surface area contributed by atoms with Crippen molar-refractivity contribution in [2.75, 3.05) is 5.01 Å². The number of carbonyl (C=O) groups excluding carboxylic acids is 1. The van der Waals surface area contributed by atoms with Gasteiger partial charge in [0.1, 0.15) is 0 Å². The van der Waals surface area contributed by atoms with Crippen molar-refractivity contribution >= 4 is 17.4 Å². The van der Waals surface area contributed by atoms with E-state index < -0.39 is 5.91 Å². The molecule has 0 spiro atoms. The Morgan fingerprint density at radius 1 is 1.27 bits per heavy atom. The molecule has 5 heteroatoms. The predicted octanol–water partition coefficient (Wildman–Crippen LogP) is 1.67. The van der Waals surface area contributed by atoms with Crippen LogP contribution >= 0.6 is 0 Å². The molecular weight excluding hydrogens is 194 g/mol. The molecule has 15 heavy (non-hydrogen) atoms.